The van der Waals surface area contributed by atoms with E-state index in [0.29, 0.717) is 6.54 Å². The number of nitrogens with one attached hydrogen (secondary N) is 1. The lowest BCUT2D eigenvalue weighted by Gasteiger charge is -1.91. The molecule has 1 heterocycles. The minimum Gasteiger partial charge on any atom is -0.313 e. The Balaban J connectivity index is 1.94. The van der Waals surface area contributed by atoms with E-state index in [9.17, 15) is 4.79 Å². The smallest absolute Gasteiger partial charge is 0.313 e. The predicted octanol–water partition coefficient (Wildman–Crippen LogP) is 1.14. The zero-order chi connectivity index (χ0) is 8.39. The highest BCUT2D eigenvalue weighted by atomic mass is 16.1. The molecule has 1 fully saturated rings. The van der Waals surface area contributed by atoms with Gasteiger partial charge < -0.3 is 4.98 Å². The summed E-state index contributed by atoms with van der Waals surface area (Å²) in [6, 6.07) is 0. The monoisotopic (exact) mass is 164 g/mol. The molecule has 0 aromatic carbocycles. The first-order valence-electron chi connectivity index (χ1n) is 4.27. The van der Waals surface area contributed by atoms with Gasteiger partial charge in [0.15, 0.2) is 0 Å². The topological polar surface area (TPSA) is 37.8 Å². The van der Waals surface area contributed by atoms with Crippen molar-refractivity contribution in [1.82, 2.24) is 9.55 Å². The van der Waals surface area contributed by atoms with Crippen LogP contribution in [0.4, 0.5) is 0 Å². The van der Waals surface area contributed by atoms with E-state index in [1.807, 2.05) is 0 Å². The minimum atomic E-state index is -0.0320. The molecule has 0 amide bonds. The predicted molar refractivity (Wildman–Crippen MR) is 46.9 cm³/mol. The summed E-state index contributed by atoms with van der Waals surface area (Å²) in [7, 11) is 0. The number of aromatic nitrogens is 2. The molecule has 64 valence electrons. The van der Waals surface area contributed by atoms with E-state index in [1.165, 1.54) is 12.8 Å². The van der Waals surface area contributed by atoms with Gasteiger partial charge in [0.05, 0.1) is 0 Å². The van der Waals surface area contributed by atoms with E-state index in [4.69, 9.17) is 0 Å². The Morgan fingerprint density at radius 2 is 2.50 bits per heavy atom. The second-order valence-corrected chi connectivity index (χ2v) is 3.18. The second-order valence-electron chi connectivity index (χ2n) is 3.18. The fraction of sp³-hybridized carbons (Fsp3) is 0.444. The fourth-order valence-electron chi connectivity index (χ4n) is 1.15. The van der Waals surface area contributed by atoms with Gasteiger partial charge in [-0.05, 0) is 18.8 Å². The van der Waals surface area contributed by atoms with Crippen molar-refractivity contribution < 1.29 is 0 Å². The third-order valence-electron chi connectivity index (χ3n) is 2.05. The van der Waals surface area contributed by atoms with Crippen LogP contribution in [0, 0.1) is 5.92 Å². The van der Waals surface area contributed by atoms with E-state index in [0.717, 1.165) is 5.92 Å². The quantitative estimate of drug-likeness (QED) is 0.668. The molecule has 1 saturated carbocycles. The fourth-order valence-corrected chi connectivity index (χ4v) is 1.15. The molecule has 12 heavy (non-hydrogen) atoms. The van der Waals surface area contributed by atoms with Crippen molar-refractivity contribution in [3.63, 3.8) is 0 Å². The third-order valence-corrected chi connectivity index (χ3v) is 2.05. The van der Waals surface area contributed by atoms with Gasteiger partial charge in [0.1, 0.15) is 0 Å². The van der Waals surface area contributed by atoms with Crippen molar-refractivity contribution in [2.24, 2.45) is 5.92 Å². The van der Waals surface area contributed by atoms with Crippen molar-refractivity contribution in [3.8, 4) is 0 Å². The van der Waals surface area contributed by atoms with Gasteiger partial charge in [0.2, 0.25) is 0 Å². The Kier molecular flexibility index (Phi) is 1.86. The van der Waals surface area contributed by atoms with Crippen LogP contribution in [0.15, 0.2) is 29.3 Å². The van der Waals surface area contributed by atoms with E-state index in [-0.39, 0.29) is 5.69 Å². The Bertz CT molecular complexity index is 330. The molecule has 0 bridgehead atoms. The maximum atomic E-state index is 11.0. The summed E-state index contributed by atoms with van der Waals surface area (Å²) in [5, 5.41) is 0. The Labute approximate surface area is 70.7 Å². The second kappa shape index (κ2) is 3.01. The molecule has 3 nitrogen and oxygen atoms in total. The lowest BCUT2D eigenvalue weighted by Crippen LogP contribution is -2.14. The largest absolute Gasteiger partial charge is 0.325 e. The molecule has 0 spiro atoms. The van der Waals surface area contributed by atoms with Crippen LogP contribution in [0.2, 0.25) is 0 Å². The highest BCUT2D eigenvalue weighted by molar-refractivity contribution is 4.96. The molecule has 1 aromatic rings. The Morgan fingerprint density at radius 3 is 3.08 bits per heavy atom. The summed E-state index contributed by atoms with van der Waals surface area (Å²) >= 11 is 0. The van der Waals surface area contributed by atoms with E-state index >= 15 is 0 Å². The van der Waals surface area contributed by atoms with Crippen molar-refractivity contribution >= 4 is 0 Å². The molecule has 0 aliphatic heterocycles. The lowest BCUT2D eigenvalue weighted by atomic mass is 10.4. The number of aromatic amines is 1. The number of rotatable bonds is 3. The molecular formula is C9H12N2O. The first kappa shape index (κ1) is 7.40. The van der Waals surface area contributed by atoms with Crippen LogP contribution in [0.25, 0.3) is 0 Å². The third kappa shape index (κ3) is 1.67. The van der Waals surface area contributed by atoms with Crippen LogP contribution in [-0.4, -0.2) is 9.55 Å². The van der Waals surface area contributed by atoms with Gasteiger partial charge >= 0.3 is 5.69 Å². The highest BCUT2D eigenvalue weighted by Gasteiger charge is 2.16. The Morgan fingerprint density at radius 1 is 1.67 bits per heavy atom. The summed E-state index contributed by atoms with van der Waals surface area (Å²) in [5.74, 6) is 0.791. The maximum Gasteiger partial charge on any atom is 0.325 e. The maximum absolute atomic E-state index is 11.0. The van der Waals surface area contributed by atoms with Crippen LogP contribution in [0.1, 0.15) is 12.8 Å². The molecule has 1 aliphatic carbocycles. The first-order valence-corrected chi connectivity index (χ1v) is 4.27. The number of imidazole rings is 1. The molecule has 1 aromatic heterocycles. The average molecular weight is 164 g/mol. The number of H-pyrrole nitrogens is 1. The average Bonchev–Trinajstić information content (AvgIpc) is 2.78. The van der Waals surface area contributed by atoms with Crippen molar-refractivity contribution in [3.05, 3.63) is 35.0 Å². The SMILES string of the molecule is O=c1[nH]ccn1C/C=C/C1CC1. The summed E-state index contributed by atoms with van der Waals surface area (Å²) in [5.41, 5.74) is -0.0320. The number of hydrogen-bond donors (Lipinski definition) is 1. The number of hydrogen-bond acceptors (Lipinski definition) is 1. The van der Waals surface area contributed by atoms with Gasteiger partial charge in [-0.25, -0.2) is 4.79 Å². The van der Waals surface area contributed by atoms with Crippen LogP contribution in [0.5, 0.6) is 0 Å². The minimum absolute atomic E-state index is 0.0320. The lowest BCUT2D eigenvalue weighted by molar-refractivity contribution is 0.777. The summed E-state index contributed by atoms with van der Waals surface area (Å²) in [6.07, 6.45) is 10.3. The standard InChI is InChI=1S/C9H12N2O/c12-9-10-5-7-11(9)6-1-2-8-3-4-8/h1-2,5,7-8H,3-4,6H2,(H,10,12)/b2-1+. The summed E-state index contributed by atoms with van der Waals surface area (Å²) in [4.78, 5) is 13.6. The molecule has 3 heteroatoms. The molecule has 2 rings (SSSR count). The molecule has 0 atom stereocenters. The first-order chi connectivity index (χ1) is 5.86. The van der Waals surface area contributed by atoms with Gasteiger partial charge in [-0.1, -0.05) is 12.2 Å². The molecule has 0 unspecified atom stereocenters. The summed E-state index contributed by atoms with van der Waals surface area (Å²) < 4.78 is 1.65. The molecule has 0 radical (unpaired) electrons. The normalized spacial score (nSPS) is 17.3. The summed E-state index contributed by atoms with van der Waals surface area (Å²) in [6.45, 7) is 0.693. The van der Waals surface area contributed by atoms with Gasteiger partial charge in [-0.2, -0.15) is 0 Å². The molecule has 1 N–H and O–H groups in total. The van der Waals surface area contributed by atoms with Crippen molar-refractivity contribution in [2.45, 2.75) is 19.4 Å². The molecule has 0 saturated heterocycles. The van der Waals surface area contributed by atoms with Crippen LogP contribution in [-0.2, 0) is 6.54 Å². The number of allylic oxidation sites excluding steroid dienone is 2. The molecule has 1 aliphatic rings. The highest BCUT2D eigenvalue weighted by Crippen LogP contribution is 2.29. The van der Waals surface area contributed by atoms with E-state index < -0.39 is 0 Å². The van der Waals surface area contributed by atoms with E-state index in [1.54, 1.807) is 17.0 Å². The van der Waals surface area contributed by atoms with Crippen molar-refractivity contribution in [1.29, 1.82) is 0 Å². The van der Waals surface area contributed by atoms with Gasteiger partial charge in [-0.3, -0.25) is 4.57 Å². The van der Waals surface area contributed by atoms with Crippen LogP contribution in [0.3, 0.4) is 0 Å². The zero-order valence-corrected chi connectivity index (χ0v) is 6.86. The van der Waals surface area contributed by atoms with Crippen LogP contribution < -0.4 is 5.69 Å². The van der Waals surface area contributed by atoms with Gasteiger partial charge in [0.25, 0.3) is 0 Å². The Hall–Kier alpha value is -1.25. The van der Waals surface area contributed by atoms with Crippen LogP contribution >= 0.6 is 0 Å². The van der Waals surface area contributed by atoms with Gasteiger partial charge in [0, 0.05) is 18.9 Å². The number of nitrogens with zero attached hydrogens (tertiary/aromatic N) is 1. The molecular weight excluding hydrogens is 152 g/mol. The van der Waals surface area contributed by atoms with Crippen molar-refractivity contribution in [2.75, 3.05) is 0 Å². The van der Waals surface area contributed by atoms with Gasteiger partial charge in [-0.15, -0.1) is 0 Å². The van der Waals surface area contributed by atoms with E-state index in [2.05, 4.69) is 17.1 Å². The zero-order valence-electron chi connectivity index (χ0n) is 6.86.